The minimum atomic E-state index is -3.91. The molecule has 12 heteroatoms. The summed E-state index contributed by atoms with van der Waals surface area (Å²) in [5, 5.41) is 3.24. The van der Waals surface area contributed by atoms with Gasteiger partial charge in [0.1, 0.15) is 0 Å². The van der Waals surface area contributed by atoms with Gasteiger partial charge in [0.15, 0.2) is 0 Å². The summed E-state index contributed by atoms with van der Waals surface area (Å²) in [6.07, 6.45) is 2.55. The van der Waals surface area contributed by atoms with E-state index in [1.807, 2.05) is 0 Å². The quantitative estimate of drug-likeness (QED) is 0.362. The highest BCUT2D eigenvalue weighted by atomic mass is 35.5. The van der Waals surface area contributed by atoms with Crippen molar-refractivity contribution < 1.29 is 21.6 Å². The van der Waals surface area contributed by atoms with E-state index in [1.54, 1.807) is 0 Å². The van der Waals surface area contributed by atoms with Gasteiger partial charge in [-0.25, -0.2) is 16.8 Å². The van der Waals surface area contributed by atoms with E-state index in [1.165, 1.54) is 72.8 Å². The van der Waals surface area contributed by atoms with Crippen LogP contribution in [0.25, 0.3) is 0 Å². The molecule has 3 aromatic carbocycles. The first-order valence-electron chi connectivity index (χ1n) is 9.98. The lowest BCUT2D eigenvalue weighted by molar-refractivity contribution is 0.102. The molecule has 3 rings (SSSR count). The van der Waals surface area contributed by atoms with Gasteiger partial charge in [0.2, 0.25) is 10.0 Å². The van der Waals surface area contributed by atoms with Crippen molar-refractivity contribution in [1.29, 1.82) is 0 Å². The molecule has 0 aliphatic heterocycles. The maximum atomic E-state index is 12.6. The first-order chi connectivity index (χ1) is 16.4. The van der Waals surface area contributed by atoms with Gasteiger partial charge in [-0.2, -0.15) is 0 Å². The number of anilines is 3. The van der Waals surface area contributed by atoms with E-state index in [0.29, 0.717) is 11.4 Å². The molecule has 0 atom stereocenters. The number of carbonyl (C=O) groups excluding carboxylic acids is 1. The van der Waals surface area contributed by atoms with Crippen LogP contribution in [0.4, 0.5) is 17.1 Å². The molecule has 8 nitrogen and oxygen atoms in total. The van der Waals surface area contributed by atoms with Crippen molar-refractivity contribution in [2.24, 2.45) is 0 Å². The van der Waals surface area contributed by atoms with Crippen molar-refractivity contribution in [2.75, 3.05) is 27.1 Å². The molecular weight excluding hydrogens is 533 g/mol. The fraction of sp³-hybridized carbons (Fsp3) is 0.0870. The highest BCUT2D eigenvalue weighted by Gasteiger charge is 2.17. The molecule has 0 aliphatic rings. The molecule has 2 N–H and O–H groups in total. The number of carbonyl (C=O) groups is 1. The molecule has 0 aliphatic carbocycles. The Labute approximate surface area is 214 Å². The Morgan fingerprint density at radius 2 is 1.49 bits per heavy atom. The average Bonchev–Trinajstić information content (AvgIpc) is 2.76. The molecule has 3 aromatic rings. The molecule has 0 unspecified atom stereocenters. The second-order valence-electron chi connectivity index (χ2n) is 7.37. The predicted molar refractivity (Wildman–Crippen MR) is 140 cm³/mol. The molecule has 0 spiro atoms. The van der Waals surface area contributed by atoms with Crippen LogP contribution in [0.2, 0.25) is 10.0 Å². The van der Waals surface area contributed by atoms with Crippen molar-refractivity contribution in [2.45, 2.75) is 4.90 Å². The summed E-state index contributed by atoms with van der Waals surface area (Å²) in [4.78, 5) is 12.6. The Morgan fingerprint density at radius 1 is 0.914 bits per heavy atom. The Morgan fingerprint density at radius 3 is 2.00 bits per heavy atom. The zero-order chi connectivity index (χ0) is 25.8. The van der Waals surface area contributed by atoms with Crippen LogP contribution in [0.5, 0.6) is 0 Å². The third kappa shape index (κ3) is 6.98. The minimum absolute atomic E-state index is 0.0287. The van der Waals surface area contributed by atoms with Gasteiger partial charge in [-0.3, -0.25) is 13.8 Å². The Hall–Kier alpha value is -3.05. The number of rotatable bonds is 9. The number of nitrogens with one attached hydrogen (secondary N) is 2. The number of amides is 1. The average molecular weight is 554 g/mol. The molecule has 0 heterocycles. The summed E-state index contributed by atoms with van der Waals surface area (Å²) in [7, 11) is -7.42. The van der Waals surface area contributed by atoms with E-state index in [4.69, 9.17) is 23.2 Å². The molecule has 0 saturated carbocycles. The fourth-order valence-corrected chi connectivity index (χ4v) is 5.52. The van der Waals surface area contributed by atoms with Crippen LogP contribution >= 0.6 is 23.2 Å². The molecule has 35 heavy (non-hydrogen) atoms. The Kier molecular flexibility index (Phi) is 8.11. The number of hydrogen-bond acceptors (Lipinski definition) is 5. The van der Waals surface area contributed by atoms with Gasteiger partial charge in [0.05, 0.1) is 29.1 Å². The van der Waals surface area contributed by atoms with Gasteiger partial charge in [-0.1, -0.05) is 29.3 Å². The summed E-state index contributed by atoms with van der Waals surface area (Å²) >= 11 is 11.8. The summed E-state index contributed by atoms with van der Waals surface area (Å²) in [6.45, 7) is 3.65. The number of sulfonamides is 2. The van der Waals surface area contributed by atoms with Crippen LogP contribution in [0.15, 0.2) is 84.3 Å². The van der Waals surface area contributed by atoms with E-state index in [0.717, 1.165) is 10.6 Å². The Bertz CT molecular complexity index is 1440. The molecular formula is C23H21Cl2N3O5S2. The zero-order valence-electron chi connectivity index (χ0n) is 18.4. The normalized spacial score (nSPS) is 11.5. The van der Waals surface area contributed by atoms with Crippen LogP contribution in [0, 0.1) is 0 Å². The molecule has 0 aromatic heterocycles. The largest absolute Gasteiger partial charge is 0.322 e. The SMILES string of the molecule is C=CCN(c1ccc(C(=O)Nc2ccc(S(=O)(=O)Nc3cc(Cl)cc(Cl)c3)cc2)cc1)S(C)(=O)=O. The van der Waals surface area contributed by atoms with E-state index in [2.05, 4.69) is 16.6 Å². The second kappa shape index (κ2) is 10.7. The van der Waals surface area contributed by atoms with Gasteiger partial charge in [0.25, 0.3) is 15.9 Å². The predicted octanol–water partition coefficient (Wildman–Crippen LogP) is 5.00. The zero-order valence-corrected chi connectivity index (χ0v) is 21.5. The number of nitrogens with zero attached hydrogens (tertiary/aromatic N) is 1. The van der Waals surface area contributed by atoms with Gasteiger partial charge < -0.3 is 5.32 Å². The first kappa shape index (κ1) is 26.6. The molecule has 0 radical (unpaired) electrons. The summed E-state index contributed by atoms with van der Waals surface area (Å²) in [5.74, 6) is -0.450. The van der Waals surface area contributed by atoms with Crippen LogP contribution < -0.4 is 14.3 Å². The lowest BCUT2D eigenvalue weighted by Gasteiger charge is -2.20. The maximum absolute atomic E-state index is 12.6. The highest BCUT2D eigenvalue weighted by molar-refractivity contribution is 7.92. The van der Waals surface area contributed by atoms with Crippen LogP contribution in [-0.2, 0) is 20.0 Å². The number of benzene rings is 3. The van der Waals surface area contributed by atoms with Crippen LogP contribution in [0.3, 0.4) is 0 Å². The van der Waals surface area contributed by atoms with E-state index in [9.17, 15) is 21.6 Å². The summed E-state index contributed by atoms with van der Waals surface area (Å²) < 4.78 is 52.8. The number of halogens is 2. The van der Waals surface area contributed by atoms with Crippen molar-refractivity contribution in [3.05, 3.63) is 95.0 Å². The van der Waals surface area contributed by atoms with Gasteiger partial charge in [-0.15, -0.1) is 6.58 Å². The van der Waals surface area contributed by atoms with Gasteiger partial charge in [0, 0.05) is 21.3 Å². The van der Waals surface area contributed by atoms with E-state index < -0.39 is 26.0 Å². The highest BCUT2D eigenvalue weighted by Crippen LogP contribution is 2.25. The van der Waals surface area contributed by atoms with E-state index in [-0.39, 0.29) is 32.7 Å². The summed E-state index contributed by atoms with van der Waals surface area (Å²) in [5.41, 5.74) is 1.27. The smallest absolute Gasteiger partial charge is 0.261 e. The summed E-state index contributed by atoms with van der Waals surface area (Å²) in [6, 6.07) is 15.9. The lowest BCUT2D eigenvalue weighted by atomic mass is 10.2. The number of hydrogen-bond donors (Lipinski definition) is 2. The standard InChI is InChI=1S/C23H21Cl2N3O5S2/c1-3-12-28(34(2,30)31)21-8-4-16(5-9-21)23(29)26-19-6-10-22(11-7-19)35(32,33)27-20-14-17(24)13-18(25)15-20/h3-11,13-15,27H,1,12H2,2H3,(H,26,29). The fourth-order valence-electron chi connectivity index (χ4n) is 3.08. The Balaban J connectivity index is 1.71. The third-order valence-corrected chi connectivity index (χ3v) is 7.64. The maximum Gasteiger partial charge on any atom is 0.261 e. The van der Waals surface area contributed by atoms with Crippen LogP contribution in [0.1, 0.15) is 10.4 Å². The second-order valence-corrected chi connectivity index (χ2v) is 11.8. The molecule has 0 fully saturated rings. The van der Waals surface area contributed by atoms with Crippen LogP contribution in [-0.4, -0.2) is 35.5 Å². The monoisotopic (exact) mass is 553 g/mol. The lowest BCUT2D eigenvalue weighted by Crippen LogP contribution is -2.29. The van der Waals surface area contributed by atoms with Crippen molar-refractivity contribution in [3.63, 3.8) is 0 Å². The molecule has 0 bridgehead atoms. The van der Waals surface area contributed by atoms with Gasteiger partial charge in [-0.05, 0) is 66.7 Å². The molecule has 0 saturated heterocycles. The van der Waals surface area contributed by atoms with E-state index >= 15 is 0 Å². The molecule has 184 valence electrons. The third-order valence-electron chi connectivity index (χ3n) is 4.65. The van der Waals surface area contributed by atoms with Gasteiger partial charge >= 0.3 is 0 Å². The van der Waals surface area contributed by atoms with Crippen molar-refractivity contribution in [1.82, 2.24) is 0 Å². The van der Waals surface area contributed by atoms with Crippen molar-refractivity contribution in [3.8, 4) is 0 Å². The molecule has 1 amide bonds. The van der Waals surface area contributed by atoms with Crippen molar-refractivity contribution >= 4 is 66.2 Å². The topological polar surface area (TPSA) is 113 Å². The first-order valence-corrected chi connectivity index (χ1v) is 14.1. The minimum Gasteiger partial charge on any atom is -0.322 e.